The average Bonchev–Trinajstić information content (AvgIpc) is 2.95. The molecule has 20 heavy (non-hydrogen) atoms. The second-order valence-corrected chi connectivity index (χ2v) is 6.33. The van der Waals surface area contributed by atoms with Crippen LogP contribution in [-0.4, -0.2) is 9.97 Å². The Hall–Kier alpha value is -1.13. The molecule has 1 aromatic carbocycles. The monoisotopic (exact) mass is 352 g/mol. The Labute approximate surface area is 130 Å². The number of hydrogen-bond acceptors (Lipinski definition) is 2. The van der Waals surface area contributed by atoms with Crippen LogP contribution in [0.15, 0.2) is 33.5 Å². The van der Waals surface area contributed by atoms with Gasteiger partial charge in [0.25, 0.3) is 5.56 Å². The predicted octanol–water partition coefficient (Wildman–Crippen LogP) is 4.51. The Balaban J connectivity index is 2.11. The minimum Gasteiger partial charge on any atom is -0.306 e. The van der Waals surface area contributed by atoms with Crippen LogP contribution in [0, 0.1) is 0 Å². The molecule has 1 heterocycles. The second-order valence-electron chi connectivity index (χ2n) is 5.11. The van der Waals surface area contributed by atoms with Crippen molar-refractivity contribution in [3.05, 3.63) is 49.8 Å². The van der Waals surface area contributed by atoms with Crippen LogP contribution < -0.4 is 5.56 Å². The molecule has 0 aliphatic heterocycles. The van der Waals surface area contributed by atoms with Crippen LogP contribution in [0.1, 0.15) is 37.3 Å². The van der Waals surface area contributed by atoms with Crippen LogP contribution in [0.25, 0.3) is 11.4 Å². The molecule has 0 amide bonds. The molecule has 0 spiro atoms. The van der Waals surface area contributed by atoms with Crippen molar-refractivity contribution >= 4 is 27.5 Å². The maximum Gasteiger partial charge on any atom is 0.265 e. The van der Waals surface area contributed by atoms with E-state index in [-0.39, 0.29) is 5.56 Å². The first-order chi connectivity index (χ1) is 9.65. The van der Waals surface area contributed by atoms with Gasteiger partial charge in [0.2, 0.25) is 0 Å². The first-order valence-electron chi connectivity index (χ1n) is 6.71. The smallest absolute Gasteiger partial charge is 0.265 e. The Morgan fingerprint density at radius 1 is 1.30 bits per heavy atom. The van der Waals surface area contributed by atoms with Gasteiger partial charge in [-0.2, -0.15) is 0 Å². The summed E-state index contributed by atoms with van der Waals surface area (Å²) in [6, 6.07) is 7.37. The van der Waals surface area contributed by atoms with E-state index < -0.39 is 0 Å². The van der Waals surface area contributed by atoms with Crippen molar-refractivity contribution in [3.63, 3.8) is 0 Å². The fraction of sp³-hybridized carbons (Fsp3) is 0.333. The van der Waals surface area contributed by atoms with Crippen LogP contribution in [0.4, 0.5) is 0 Å². The van der Waals surface area contributed by atoms with Crippen LogP contribution in [-0.2, 0) is 0 Å². The molecule has 104 valence electrons. The molecule has 0 atom stereocenters. The van der Waals surface area contributed by atoms with E-state index in [0.29, 0.717) is 21.2 Å². The van der Waals surface area contributed by atoms with E-state index in [1.54, 1.807) is 6.07 Å². The van der Waals surface area contributed by atoms with Gasteiger partial charge >= 0.3 is 0 Å². The average molecular weight is 354 g/mol. The van der Waals surface area contributed by atoms with Crippen LogP contribution in [0.3, 0.4) is 0 Å². The quantitative estimate of drug-likeness (QED) is 0.863. The summed E-state index contributed by atoms with van der Waals surface area (Å²) in [4.78, 5) is 19.6. The predicted molar refractivity (Wildman–Crippen MR) is 84.2 cm³/mol. The van der Waals surface area contributed by atoms with Gasteiger partial charge in [0, 0.05) is 16.5 Å². The Kier molecular flexibility index (Phi) is 3.94. The summed E-state index contributed by atoms with van der Waals surface area (Å²) in [7, 11) is 0. The van der Waals surface area contributed by atoms with E-state index in [4.69, 9.17) is 11.6 Å². The standard InChI is InChI=1S/C15H14BrClN2O/c16-12-13(9-4-1-2-5-9)18-14(19-15(12)20)10-6-3-7-11(17)8-10/h3,6-9H,1-2,4-5H2,(H,18,19,20). The fourth-order valence-corrected chi connectivity index (χ4v) is 3.42. The van der Waals surface area contributed by atoms with Gasteiger partial charge in [0.1, 0.15) is 10.3 Å². The topological polar surface area (TPSA) is 45.8 Å². The first-order valence-corrected chi connectivity index (χ1v) is 7.88. The number of nitrogens with one attached hydrogen (secondary N) is 1. The highest BCUT2D eigenvalue weighted by Crippen LogP contribution is 2.36. The molecule has 1 N–H and O–H groups in total. The second kappa shape index (κ2) is 5.70. The van der Waals surface area contributed by atoms with Crippen LogP contribution in [0.2, 0.25) is 5.02 Å². The highest BCUT2D eigenvalue weighted by molar-refractivity contribution is 9.10. The molecular weight excluding hydrogens is 340 g/mol. The van der Waals surface area contributed by atoms with Gasteiger partial charge in [-0.3, -0.25) is 4.79 Å². The number of aromatic nitrogens is 2. The summed E-state index contributed by atoms with van der Waals surface area (Å²) >= 11 is 9.38. The summed E-state index contributed by atoms with van der Waals surface area (Å²) < 4.78 is 0.565. The highest BCUT2D eigenvalue weighted by Gasteiger charge is 2.23. The SMILES string of the molecule is O=c1[nH]c(-c2cccc(Cl)c2)nc(C2CCCC2)c1Br. The zero-order valence-electron chi connectivity index (χ0n) is 10.8. The Morgan fingerprint density at radius 2 is 2.05 bits per heavy atom. The number of H-pyrrole nitrogens is 1. The lowest BCUT2D eigenvalue weighted by Crippen LogP contribution is -2.15. The Bertz CT molecular complexity index is 693. The summed E-state index contributed by atoms with van der Waals surface area (Å²) in [5, 5.41) is 0.635. The van der Waals surface area contributed by atoms with E-state index in [0.717, 1.165) is 24.1 Å². The molecule has 1 aromatic heterocycles. The fourth-order valence-electron chi connectivity index (χ4n) is 2.72. The van der Waals surface area contributed by atoms with Crippen molar-refractivity contribution < 1.29 is 0 Å². The molecule has 1 aliphatic rings. The van der Waals surface area contributed by atoms with E-state index in [1.165, 1.54) is 12.8 Å². The van der Waals surface area contributed by atoms with Gasteiger partial charge in [0.05, 0.1) is 5.69 Å². The third-order valence-electron chi connectivity index (χ3n) is 3.73. The molecule has 3 rings (SSSR count). The maximum absolute atomic E-state index is 12.1. The van der Waals surface area contributed by atoms with E-state index in [2.05, 4.69) is 25.9 Å². The molecule has 3 nitrogen and oxygen atoms in total. The van der Waals surface area contributed by atoms with Crippen molar-refractivity contribution in [2.24, 2.45) is 0 Å². The van der Waals surface area contributed by atoms with Crippen LogP contribution in [0.5, 0.6) is 0 Å². The van der Waals surface area contributed by atoms with E-state index in [1.807, 2.05) is 18.2 Å². The number of aromatic amines is 1. The summed E-state index contributed by atoms with van der Waals surface area (Å²) in [5.74, 6) is 0.965. The number of benzene rings is 1. The molecule has 1 saturated carbocycles. The zero-order valence-corrected chi connectivity index (χ0v) is 13.2. The number of nitrogens with zero attached hydrogens (tertiary/aromatic N) is 1. The molecule has 1 aliphatic carbocycles. The number of halogens is 2. The first kappa shape index (κ1) is 13.8. The van der Waals surface area contributed by atoms with Gasteiger partial charge in [-0.25, -0.2) is 4.98 Å². The van der Waals surface area contributed by atoms with Gasteiger partial charge in [-0.15, -0.1) is 0 Å². The molecule has 2 aromatic rings. The van der Waals surface area contributed by atoms with Gasteiger partial charge in [0.15, 0.2) is 0 Å². The van der Waals surface area contributed by atoms with Crippen molar-refractivity contribution in [1.29, 1.82) is 0 Å². The van der Waals surface area contributed by atoms with Gasteiger partial charge in [-0.05, 0) is 40.9 Å². The largest absolute Gasteiger partial charge is 0.306 e. The lowest BCUT2D eigenvalue weighted by Gasteiger charge is -2.12. The molecule has 0 bridgehead atoms. The molecule has 1 fully saturated rings. The maximum atomic E-state index is 12.1. The number of rotatable bonds is 2. The third kappa shape index (κ3) is 2.67. The zero-order chi connectivity index (χ0) is 14.1. The Morgan fingerprint density at radius 3 is 2.75 bits per heavy atom. The molecular formula is C15H14BrClN2O. The van der Waals surface area contributed by atoms with Crippen molar-refractivity contribution in [3.8, 4) is 11.4 Å². The molecule has 5 heteroatoms. The molecule has 0 radical (unpaired) electrons. The molecule has 0 unspecified atom stereocenters. The van der Waals surface area contributed by atoms with Crippen molar-refractivity contribution in [1.82, 2.24) is 9.97 Å². The minimum atomic E-state index is -0.128. The number of hydrogen-bond donors (Lipinski definition) is 1. The van der Waals surface area contributed by atoms with Gasteiger partial charge in [-0.1, -0.05) is 36.6 Å². The van der Waals surface area contributed by atoms with Crippen molar-refractivity contribution in [2.75, 3.05) is 0 Å². The third-order valence-corrected chi connectivity index (χ3v) is 4.73. The van der Waals surface area contributed by atoms with E-state index >= 15 is 0 Å². The van der Waals surface area contributed by atoms with Crippen molar-refractivity contribution in [2.45, 2.75) is 31.6 Å². The van der Waals surface area contributed by atoms with E-state index in [9.17, 15) is 4.79 Å². The van der Waals surface area contributed by atoms with Crippen LogP contribution >= 0.6 is 27.5 Å². The normalized spacial score (nSPS) is 15.7. The highest BCUT2D eigenvalue weighted by atomic mass is 79.9. The summed E-state index contributed by atoms with van der Waals surface area (Å²) in [5.41, 5.74) is 1.58. The van der Waals surface area contributed by atoms with Gasteiger partial charge < -0.3 is 4.98 Å². The lowest BCUT2D eigenvalue weighted by molar-refractivity contribution is 0.688. The summed E-state index contributed by atoms with van der Waals surface area (Å²) in [6.45, 7) is 0. The minimum absolute atomic E-state index is 0.128. The summed E-state index contributed by atoms with van der Waals surface area (Å²) in [6.07, 6.45) is 4.62. The molecule has 0 saturated heterocycles. The lowest BCUT2D eigenvalue weighted by atomic mass is 10.0.